The Morgan fingerprint density at radius 2 is 1.88 bits per heavy atom. The molecule has 0 bridgehead atoms. The van der Waals surface area contributed by atoms with Crippen molar-refractivity contribution in [1.29, 1.82) is 0 Å². The SMILES string of the molecule is Cc1cccc(C#Cc2cccc(C(=O)NCCCC3=CCN=C3)c2)c1. The first-order valence-corrected chi connectivity index (χ1v) is 8.86. The Kier molecular flexibility index (Phi) is 6.01. The Bertz CT molecular complexity index is 913. The summed E-state index contributed by atoms with van der Waals surface area (Å²) >= 11 is 0. The average Bonchev–Trinajstić information content (AvgIpc) is 3.17. The lowest BCUT2D eigenvalue weighted by Crippen LogP contribution is -2.24. The van der Waals surface area contributed by atoms with Crippen molar-refractivity contribution in [3.63, 3.8) is 0 Å². The number of hydrogen-bond acceptors (Lipinski definition) is 2. The monoisotopic (exact) mass is 342 g/mol. The molecule has 0 spiro atoms. The van der Waals surface area contributed by atoms with Gasteiger partial charge in [0.05, 0.1) is 6.54 Å². The Labute approximate surface area is 154 Å². The van der Waals surface area contributed by atoms with E-state index in [0.29, 0.717) is 12.1 Å². The molecule has 0 atom stereocenters. The third kappa shape index (κ3) is 5.19. The minimum Gasteiger partial charge on any atom is -0.352 e. The molecule has 130 valence electrons. The lowest BCUT2D eigenvalue weighted by Gasteiger charge is -2.05. The van der Waals surface area contributed by atoms with Crippen LogP contribution >= 0.6 is 0 Å². The highest BCUT2D eigenvalue weighted by molar-refractivity contribution is 5.94. The first kappa shape index (κ1) is 17.7. The molecule has 0 fully saturated rings. The first-order chi connectivity index (χ1) is 12.7. The molecule has 26 heavy (non-hydrogen) atoms. The van der Waals surface area contributed by atoms with E-state index in [0.717, 1.165) is 30.5 Å². The Morgan fingerprint density at radius 1 is 1.12 bits per heavy atom. The quantitative estimate of drug-likeness (QED) is 0.649. The van der Waals surface area contributed by atoms with Crippen LogP contribution in [0.3, 0.4) is 0 Å². The van der Waals surface area contributed by atoms with Crippen LogP contribution in [-0.2, 0) is 0 Å². The number of rotatable bonds is 5. The zero-order chi connectivity index (χ0) is 18.2. The number of aryl methyl sites for hydroxylation is 1. The van der Waals surface area contributed by atoms with Crippen LogP contribution in [0.4, 0.5) is 0 Å². The van der Waals surface area contributed by atoms with Crippen LogP contribution in [0.5, 0.6) is 0 Å². The van der Waals surface area contributed by atoms with Crippen LogP contribution < -0.4 is 5.32 Å². The number of nitrogens with zero attached hydrogens (tertiary/aromatic N) is 1. The van der Waals surface area contributed by atoms with Gasteiger partial charge in [0, 0.05) is 29.4 Å². The van der Waals surface area contributed by atoms with E-state index >= 15 is 0 Å². The molecule has 0 saturated heterocycles. The van der Waals surface area contributed by atoms with Crippen molar-refractivity contribution < 1.29 is 4.79 Å². The Hall–Kier alpha value is -3.12. The molecule has 0 saturated carbocycles. The molecule has 1 aliphatic rings. The zero-order valence-electron chi connectivity index (χ0n) is 15.0. The maximum Gasteiger partial charge on any atom is 0.251 e. The zero-order valence-corrected chi connectivity index (χ0v) is 15.0. The molecule has 0 unspecified atom stereocenters. The van der Waals surface area contributed by atoms with Crippen molar-refractivity contribution >= 4 is 12.1 Å². The fourth-order valence-electron chi connectivity index (χ4n) is 2.76. The molecule has 1 amide bonds. The highest BCUT2D eigenvalue weighted by atomic mass is 16.1. The number of nitrogens with one attached hydrogen (secondary N) is 1. The van der Waals surface area contributed by atoms with Gasteiger partial charge in [-0.3, -0.25) is 9.79 Å². The number of carbonyl (C=O) groups excluding carboxylic acids is 1. The van der Waals surface area contributed by atoms with Gasteiger partial charge < -0.3 is 5.32 Å². The van der Waals surface area contributed by atoms with Gasteiger partial charge in [0.25, 0.3) is 5.91 Å². The van der Waals surface area contributed by atoms with E-state index in [-0.39, 0.29) is 5.91 Å². The number of amides is 1. The van der Waals surface area contributed by atoms with Crippen LogP contribution in [0.15, 0.2) is 65.2 Å². The Morgan fingerprint density at radius 3 is 2.62 bits per heavy atom. The molecular formula is C23H22N2O. The standard InChI is InChI=1S/C23H22N2O/c1-18-5-2-6-19(15-18)10-11-20-7-3-9-22(16-20)23(26)25-13-4-8-21-12-14-24-17-21/h2-3,5-7,9,12,15-17H,4,8,13-14H2,1H3,(H,25,26). The molecule has 1 aliphatic heterocycles. The molecule has 1 heterocycles. The van der Waals surface area contributed by atoms with Crippen LogP contribution in [0, 0.1) is 18.8 Å². The van der Waals surface area contributed by atoms with Gasteiger partial charge in [0.2, 0.25) is 0 Å². The van der Waals surface area contributed by atoms with Crippen molar-refractivity contribution in [3.05, 3.63) is 82.4 Å². The lowest BCUT2D eigenvalue weighted by molar-refractivity contribution is 0.0953. The van der Waals surface area contributed by atoms with Crippen molar-refractivity contribution in [3.8, 4) is 11.8 Å². The fourth-order valence-corrected chi connectivity index (χ4v) is 2.76. The molecule has 1 N–H and O–H groups in total. The molecule has 2 aromatic carbocycles. The summed E-state index contributed by atoms with van der Waals surface area (Å²) in [6, 6.07) is 15.5. The number of hydrogen-bond donors (Lipinski definition) is 1. The van der Waals surface area contributed by atoms with Crippen LogP contribution in [-0.4, -0.2) is 25.2 Å². The van der Waals surface area contributed by atoms with Gasteiger partial charge in [-0.05, 0) is 61.2 Å². The summed E-state index contributed by atoms with van der Waals surface area (Å²) in [4.78, 5) is 16.5. The molecule has 0 aromatic heterocycles. The highest BCUT2D eigenvalue weighted by Gasteiger charge is 2.05. The van der Waals surface area contributed by atoms with Crippen LogP contribution in [0.2, 0.25) is 0 Å². The van der Waals surface area contributed by atoms with Crippen LogP contribution in [0.25, 0.3) is 0 Å². The van der Waals surface area contributed by atoms with Crippen LogP contribution in [0.1, 0.15) is 39.9 Å². The third-order valence-corrected chi connectivity index (χ3v) is 4.14. The molecular weight excluding hydrogens is 320 g/mol. The largest absolute Gasteiger partial charge is 0.352 e. The molecule has 3 heteroatoms. The maximum absolute atomic E-state index is 12.3. The first-order valence-electron chi connectivity index (χ1n) is 8.86. The third-order valence-electron chi connectivity index (χ3n) is 4.14. The fraction of sp³-hybridized carbons (Fsp3) is 0.217. The van der Waals surface area contributed by atoms with E-state index in [1.54, 1.807) is 0 Å². The van der Waals surface area contributed by atoms with Crippen molar-refractivity contribution in [1.82, 2.24) is 5.32 Å². The van der Waals surface area contributed by atoms with E-state index in [9.17, 15) is 4.79 Å². The summed E-state index contributed by atoms with van der Waals surface area (Å²) in [5.41, 5.74) is 4.90. The van der Waals surface area contributed by atoms with Crippen molar-refractivity contribution in [2.75, 3.05) is 13.1 Å². The van der Waals surface area contributed by atoms with Gasteiger partial charge in [-0.1, -0.05) is 36.1 Å². The summed E-state index contributed by atoms with van der Waals surface area (Å²) in [5, 5.41) is 2.97. The molecule has 3 rings (SSSR count). The summed E-state index contributed by atoms with van der Waals surface area (Å²) in [6.07, 6.45) is 5.90. The number of allylic oxidation sites excluding steroid dienone is 1. The summed E-state index contributed by atoms with van der Waals surface area (Å²) in [5.74, 6) is 6.23. The predicted molar refractivity (Wildman–Crippen MR) is 107 cm³/mol. The summed E-state index contributed by atoms with van der Waals surface area (Å²) in [7, 11) is 0. The number of aliphatic imine (C=N–C) groups is 1. The normalized spacial score (nSPS) is 12.3. The minimum absolute atomic E-state index is 0.0572. The minimum atomic E-state index is -0.0572. The van der Waals surface area contributed by atoms with Gasteiger partial charge in [-0.15, -0.1) is 0 Å². The van der Waals surface area contributed by atoms with E-state index in [4.69, 9.17) is 0 Å². The molecule has 0 radical (unpaired) electrons. The topological polar surface area (TPSA) is 41.5 Å². The molecule has 2 aromatic rings. The maximum atomic E-state index is 12.3. The lowest BCUT2D eigenvalue weighted by atomic mass is 10.1. The second kappa shape index (κ2) is 8.82. The number of carbonyl (C=O) groups is 1. The summed E-state index contributed by atoms with van der Waals surface area (Å²) < 4.78 is 0. The number of benzene rings is 2. The smallest absolute Gasteiger partial charge is 0.251 e. The van der Waals surface area contributed by atoms with E-state index in [1.807, 2.05) is 61.7 Å². The second-order valence-corrected chi connectivity index (χ2v) is 6.33. The van der Waals surface area contributed by atoms with Gasteiger partial charge in [-0.2, -0.15) is 0 Å². The van der Waals surface area contributed by atoms with E-state index in [2.05, 4.69) is 28.2 Å². The average molecular weight is 342 g/mol. The molecule has 3 nitrogen and oxygen atoms in total. The van der Waals surface area contributed by atoms with Crippen molar-refractivity contribution in [2.45, 2.75) is 19.8 Å². The van der Waals surface area contributed by atoms with Crippen molar-refractivity contribution in [2.24, 2.45) is 4.99 Å². The van der Waals surface area contributed by atoms with E-state index in [1.165, 1.54) is 11.1 Å². The van der Waals surface area contributed by atoms with Gasteiger partial charge in [0.15, 0.2) is 0 Å². The summed E-state index contributed by atoms with van der Waals surface area (Å²) in [6.45, 7) is 3.49. The second-order valence-electron chi connectivity index (χ2n) is 6.33. The van der Waals surface area contributed by atoms with Gasteiger partial charge in [0.1, 0.15) is 0 Å². The highest BCUT2D eigenvalue weighted by Crippen LogP contribution is 2.08. The van der Waals surface area contributed by atoms with Gasteiger partial charge >= 0.3 is 0 Å². The Balaban J connectivity index is 1.56. The molecule has 0 aliphatic carbocycles. The predicted octanol–water partition coefficient (Wildman–Crippen LogP) is 3.92. The van der Waals surface area contributed by atoms with Gasteiger partial charge in [-0.25, -0.2) is 0 Å². The van der Waals surface area contributed by atoms with E-state index < -0.39 is 0 Å².